The number of ether oxygens (including phenoxy) is 1. The quantitative estimate of drug-likeness (QED) is 0.753. The number of aromatic nitrogens is 3. The third-order valence-electron chi connectivity index (χ3n) is 3.60. The van der Waals surface area contributed by atoms with Crippen LogP contribution >= 0.6 is 23.1 Å². The van der Waals surface area contributed by atoms with Crippen LogP contribution in [0.25, 0.3) is 0 Å². The summed E-state index contributed by atoms with van der Waals surface area (Å²) in [5.74, 6) is 1.51. The number of hydrogen-bond donors (Lipinski definition) is 1. The summed E-state index contributed by atoms with van der Waals surface area (Å²) in [5, 5.41) is 13.4. The Labute approximate surface area is 148 Å². The number of anilines is 1. The summed E-state index contributed by atoms with van der Waals surface area (Å²) >= 11 is 7.13. The van der Waals surface area contributed by atoms with Crippen LogP contribution in [-0.4, -0.2) is 21.0 Å². The normalized spacial score (nSPS) is 11.8. The fourth-order valence-corrected chi connectivity index (χ4v) is 3.40. The van der Waals surface area contributed by atoms with E-state index >= 15 is 0 Å². The van der Waals surface area contributed by atoms with Crippen molar-refractivity contribution in [2.45, 2.75) is 6.04 Å². The van der Waals surface area contributed by atoms with E-state index in [4.69, 9.17) is 16.3 Å². The van der Waals surface area contributed by atoms with E-state index in [9.17, 15) is 5.26 Å². The van der Waals surface area contributed by atoms with Crippen molar-refractivity contribution in [2.24, 2.45) is 7.05 Å². The van der Waals surface area contributed by atoms with Gasteiger partial charge in [-0.1, -0.05) is 29.8 Å². The van der Waals surface area contributed by atoms with Crippen LogP contribution in [0, 0.1) is 11.3 Å². The van der Waals surface area contributed by atoms with E-state index in [1.165, 1.54) is 0 Å². The highest BCUT2D eigenvalue weighted by Crippen LogP contribution is 2.36. The largest absolute Gasteiger partial charge is 0.496 e. The predicted molar refractivity (Wildman–Crippen MR) is 93.5 cm³/mol. The molecule has 1 aromatic carbocycles. The number of para-hydroxylation sites is 1. The van der Waals surface area contributed by atoms with E-state index in [1.54, 1.807) is 13.3 Å². The van der Waals surface area contributed by atoms with Crippen LogP contribution in [0.1, 0.15) is 23.0 Å². The summed E-state index contributed by atoms with van der Waals surface area (Å²) in [6.07, 6.45) is 3.59. The van der Waals surface area contributed by atoms with Gasteiger partial charge in [0, 0.05) is 25.0 Å². The average molecular weight is 360 g/mol. The van der Waals surface area contributed by atoms with Gasteiger partial charge in [-0.25, -0.2) is 4.98 Å². The van der Waals surface area contributed by atoms with Gasteiger partial charge in [-0.05, 0) is 17.6 Å². The molecule has 0 aliphatic carbocycles. The minimum atomic E-state index is -0.315. The maximum Gasteiger partial charge on any atom is 0.162 e. The fourth-order valence-electron chi connectivity index (χ4n) is 2.44. The van der Waals surface area contributed by atoms with Crippen molar-refractivity contribution in [3.05, 3.63) is 58.8 Å². The molecular weight excluding hydrogens is 346 g/mol. The van der Waals surface area contributed by atoms with Gasteiger partial charge >= 0.3 is 0 Å². The molecular formula is C16H14ClN5OS. The highest BCUT2D eigenvalue weighted by Gasteiger charge is 2.24. The second-order valence-corrected chi connectivity index (χ2v) is 6.14. The maximum absolute atomic E-state index is 9.30. The molecule has 122 valence electrons. The van der Waals surface area contributed by atoms with Crippen LogP contribution in [0.2, 0.25) is 5.15 Å². The molecule has 0 aliphatic rings. The zero-order valence-electron chi connectivity index (χ0n) is 13.0. The van der Waals surface area contributed by atoms with Crippen LogP contribution < -0.4 is 10.1 Å². The molecule has 1 N–H and O–H groups in total. The number of methoxy groups -OCH3 is 1. The van der Waals surface area contributed by atoms with E-state index in [-0.39, 0.29) is 11.2 Å². The van der Waals surface area contributed by atoms with E-state index in [0.717, 1.165) is 28.7 Å². The molecule has 2 aromatic heterocycles. The third kappa shape index (κ3) is 2.94. The Morgan fingerprint density at radius 3 is 2.88 bits per heavy atom. The van der Waals surface area contributed by atoms with Crippen molar-refractivity contribution in [1.29, 1.82) is 5.26 Å². The molecule has 0 radical (unpaired) electrons. The molecule has 8 heteroatoms. The van der Waals surface area contributed by atoms with Gasteiger partial charge in [0.2, 0.25) is 0 Å². The minimum Gasteiger partial charge on any atom is -0.496 e. The second kappa shape index (κ2) is 6.91. The zero-order chi connectivity index (χ0) is 17.1. The molecule has 0 bridgehead atoms. The molecule has 0 amide bonds. The molecule has 1 atom stereocenters. The van der Waals surface area contributed by atoms with Crippen molar-refractivity contribution in [3.63, 3.8) is 0 Å². The Kier molecular flexibility index (Phi) is 4.69. The number of imidazole rings is 1. The Bertz CT molecular complexity index is 898. The lowest BCUT2D eigenvalue weighted by Crippen LogP contribution is -2.17. The SMILES string of the molecule is COc1ccccc1C(Nc1snc(Cl)c1C#N)c1nccn1C. The molecule has 3 rings (SSSR count). The molecule has 0 saturated carbocycles. The first-order valence-corrected chi connectivity index (χ1v) is 8.22. The molecule has 24 heavy (non-hydrogen) atoms. The van der Waals surface area contributed by atoms with Crippen LogP contribution in [0.15, 0.2) is 36.7 Å². The van der Waals surface area contributed by atoms with Gasteiger partial charge in [0.1, 0.15) is 34.2 Å². The first kappa shape index (κ1) is 16.3. The highest BCUT2D eigenvalue weighted by atomic mass is 35.5. The summed E-state index contributed by atoms with van der Waals surface area (Å²) in [6.45, 7) is 0. The molecule has 2 heterocycles. The summed E-state index contributed by atoms with van der Waals surface area (Å²) in [7, 11) is 3.54. The van der Waals surface area contributed by atoms with Gasteiger partial charge in [0.05, 0.1) is 7.11 Å². The smallest absolute Gasteiger partial charge is 0.162 e. The van der Waals surface area contributed by atoms with Gasteiger partial charge in [-0.15, -0.1) is 0 Å². The van der Waals surface area contributed by atoms with Gasteiger partial charge in [-0.3, -0.25) is 0 Å². The van der Waals surface area contributed by atoms with Crippen molar-refractivity contribution in [1.82, 2.24) is 13.9 Å². The van der Waals surface area contributed by atoms with Gasteiger partial charge in [0.15, 0.2) is 5.15 Å². The van der Waals surface area contributed by atoms with E-state index in [1.807, 2.05) is 42.1 Å². The molecule has 0 saturated heterocycles. The topological polar surface area (TPSA) is 75.8 Å². The lowest BCUT2D eigenvalue weighted by Gasteiger charge is -2.21. The molecule has 0 fully saturated rings. The van der Waals surface area contributed by atoms with E-state index in [0.29, 0.717) is 10.6 Å². The third-order valence-corrected chi connectivity index (χ3v) is 4.76. The summed E-state index contributed by atoms with van der Waals surface area (Å²) in [4.78, 5) is 4.44. The summed E-state index contributed by atoms with van der Waals surface area (Å²) in [6, 6.07) is 9.45. The first-order chi connectivity index (χ1) is 11.7. The van der Waals surface area contributed by atoms with Crippen LogP contribution in [0.3, 0.4) is 0 Å². The predicted octanol–water partition coefficient (Wildman–Crippen LogP) is 3.61. The van der Waals surface area contributed by atoms with E-state index in [2.05, 4.69) is 20.7 Å². The number of hydrogen-bond acceptors (Lipinski definition) is 6. The van der Waals surface area contributed by atoms with Gasteiger partial charge in [0.25, 0.3) is 0 Å². The Hall–Kier alpha value is -2.56. The van der Waals surface area contributed by atoms with Crippen molar-refractivity contribution >= 4 is 28.1 Å². The highest BCUT2D eigenvalue weighted by molar-refractivity contribution is 7.10. The number of nitriles is 1. The maximum atomic E-state index is 9.30. The number of rotatable bonds is 5. The van der Waals surface area contributed by atoms with Crippen LogP contribution in [-0.2, 0) is 7.05 Å². The van der Waals surface area contributed by atoms with Gasteiger partial charge in [-0.2, -0.15) is 9.64 Å². The number of nitrogens with zero attached hydrogens (tertiary/aromatic N) is 4. The Morgan fingerprint density at radius 1 is 1.42 bits per heavy atom. The standard InChI is InChI=1S/C16H14ClN5OS/c1-22-8-7-19-15(22)13(10-5-3-4-6-12(10)23-2)20-16-11(9-18)14(17)21-24-16/h3-8,13,20H,1-2H3. The number of halogens is 1. The molecule has 3 aromatic rings. The molecule has 0 spiro atoms. The lowest BCUT2D eigenvalue weighted by molar-refractivity contribution is 0.408. The Balaban J connectivity index is 2.10. The second-order valence-electron chi connectivity index (χ2n) is 5.00. The summed E-state index contributed by atoms with van der Waals surface area (Å²) in [5.41, 5.74) is 1.23. The van der Waals surface area contributed by atoms with Gasteiger partial charge < -0.3 is 14.6 Å². The first-order valence-electron chi connectivity index (χ1n) is 7.07. The van der Waals surface area contributed by atoms with E-state index < -0.39 is 0 Å². The molecule has 6 nitrogen and oxygen atoms in total. The fraction of sp³-hybridized carbons (Fsp3) is 0.188. The summed E-state index contributed by atoms with van der Waals surface area (Å²) < 4.78 is 11.4. The zero-order valence-corrected chi connectivity index (χ0v) is 14.6. The number of nitrogens with one attached hydrogen (secondary N) is 1. The average Bonchev–Trinajstić information content (AvgIpc) is 3.18. The van der Waals surface area contributed by atoms with Crippen molar-refractivity contribution in [3.8, 4) is 11.8 Å². The monoisotopic (exact) mass is 359 g/mol. The Morgan fingerprint density at radius 2 is 2.21 bits per heavy atom. The number of benzene rings is 1. The van der Waals surface area contributed by atoms with Crippen LogP contribution in [0.5, 0.6) is 5.75 Å². The lowest BCUT2D eigenvalue weighted by atomic mass is 10.0. The number of aryl methyl sites for hydroxylation is 1. The van der Waals surface area contributed by atoms with Crippen LogP contribution in [0.4, 0.5) is 5.00 Å². The van der Waals surface area contributed by atoms with Crippen molar-refractivity contribution < 1.29 is 4.74 Å². The van der Waals surface area contributed by atoms with Crippen molar-refractivity contribution in [2.75, 3.05) is 12.4 Å². The minimum absolute atomic E-state index is 0.198. The molecule has 1 unspecified atom stereocenters. The molecule has 0 aliphatic heterocycles.